The van der Waals surface area contributed by atoms with Crippen molar-refractivity contribution < 1.29 is 48.6 Å². The minimum absolute atomic E-state index is 0.0180. The molecule has 18 nitrogen and oxygen atoms in total. The first-order chi connectivity index (χ1) is 23.2. The van der Waals surface area contributed by atoms with Gasteiger partial charge in [-0.15, -0.1) is 0 Å². The van der Waals surface area contributed by atoms with Crippen LogP contribution in [0, 0.1) is 23.7 Å². The van der Waals surface area contributed by atoms with Crippen LogP contribution in [0.3, 0.4) is 0 Å². The topological polar surface area (TPSA) is 287 Å². The molecule has 0 bridgehead atoms. The normalized spacial score (nSPS) is 14.2. The fourth-order valence-electron chi connectivity index (χ4n) is 4.60. The summed E-state index contributed by atoms with van der Waals surface area (Å²) in [6.07, 6.45) is 0.814. The van der Waals surface area contributed by atoms with E-state index in [1.54, 1.807) is 13.8 Å². The fraction of sp³-hybridized carbons (Fsp3) is 0.750. The lowest BCUT2D eigenvalue weighted by Gasteiger charge is -2.26. The van der Waals surface area contributed by atoms with Crippen LogP contribution >= 0.6 is 0 Å². The minimum Gasteiger partial charge on any atom is -0.480 e. The van der Waals surface area contributed by atoms with Crippen molar-refractivity contribution in [1.29, 1.82) is 0 Å². The van der Waals surface area contributed by atoms with E-state index in [1.807, 2.05) is 41.5 Å². The largest absolute Gasteiger partial charge is 0.480 e. The number of aliphatic carboxylic acids is 1. The Balaban J connectivity index is 5.39. The molecule has 0 aromatic heterocycles. The first-order valence-corrected chi connectivity index (χ1v) is 16.8. The summed E-state index contributed by atoms with van der Waals surface area (Å²) in [5, 5.41) is 35.4. The van der Waals surface area contributed by atoms with Gasteiger partial charge in [-0.2, -0.15) is 0 Å². The summed E-state index contributed by atoms with van der Waals surface area (Å²) in [4.78, 5) is 99.7. The summed E-state index contributed by atoms with van der Waals surface area (Å²) in [6.45, 7) is 11.8. The van der Waals surface area contributed by atoms with Gasteiger partial charge in [0, 0.05) is 0 Å². The molecule has 0 aromatic carbocycles. The molecule has 0 saturated heterocycles. The number of nitrogens with one attached hydrogen (secondary N) is 7. The zero-order valence-electron chi connectivity index (χ0n) is 30.4. The van der Waals surface area contributed by atoms with E-state index < -0.39 is 110 Å². The SMILES string of the molecule is CC(C)C[C@H](NC(=O)[C@@H](NC(=O)CNC(=O)[C@H](CO)NC(=O)[C@H](CC(C)C)NC(=O)[C@@H](N)CC(C)C)C(C)C)C(=O)NCC(=O)NCC(=O)O. The smallest absolute Gasteiger partial charge is 0.322 e. The lowest BCUT2D eigenvalue weighted by Crippen LogP contribution is -2.58. The van der Waals surface area contributed by atoms with Crippen LogP contribution in [0.4, 0.5) is 0 Å². The lowest BCUT2D eigenvalue weighted by molar-refractivity contribution is -0.138. The Hall–Kier alpha value is -4.32. The van der Waals surface area contributed by atoms with Crippen LogP contribution < -0.4 is 43.0 Å². The highest BCUT2D eigenvalue weighted by Gasteiger charge is 2.31. The number of hydrogen-bond acceptors (Lipinski definition) is 10. The number of nitrogens with two attached hydrogens (primary N) is 1. The lowest BCUT2D eigenvalue weighted by atomic mass is 10.00. The second-order valence-electron chi connectivity index (χ2n) is 13.8. The molecule has 0 heterocycles. The Morgan fingerprint density at radius 3 is 1.42 bits per heavy atom. The van der Waals surface area contributed by atoms with Gasteiger partial charge in [0.2, 0.25) is 41.4 Å². The summed E-state index contributed by atoms with van der Waals surface area (Å²) in [7, 11) is 0. The number of aliphatic hydroxyl groups is 1. The molecule has 0 radical (unpaired) electrons. The molecule has 0 aliphatic rings. The van der Waals surface area contributed by atoms with Crippen molar-refractivity contribution in [3.63, 3.8) is 0 Å². The fourth-order valence-corrected chi connectivity index (χ4v) is 4.60. The second-order valence-corrected chi connectivity index (χ2v) is 13.8. The van der Waals surface area contributed by atoms with E-state index in [2.05, 4.69) is 37.2 Å². The maximum atomic E-state index is 13.2. The number of carboxylic acid groups (broad SMARTS) is 1. The van der Waals surface area contributed by atoms with Gasteiger partial charge >= 0.3 is 5.97 Å². The van der Waals surface area contributed by atoms with Crippen LogP contribution in [-0.2, 0) is 38.4 Å². The van der Waals surface area contributed by atoms with Gasteiger partial charge in [0.15, 0.2) is 0 Å². The van der Waals surface area contributed by atoms with Crippen molar-refractivity contribution in [2.45, 2.75) is 105 Å². The van der Waals surface area contributed by atoms with E-state index in [-0.39, 0.29) is 30.6 Å². The standard InChI is InChI=1S/C32H58N8O10/c1-16(2)9-20(33)28(46)37-22(11-18(5)6)31(49)39-23(15-41)30(48)36-13-25(43)40-27(19(7)8)32(50)38-21(10-17(3)4)29(47)35-12-24(42)34-14-26(44)45/h16-23,27,41H,9-15,33H2,1-8H3,(H,34,42)(H,35,47)(H,36,48)(H,37,46)(H,38,50)(H,39,49)(H,40,43)(H,44,45)/t20-,21-,22-,23-,27-/m0/s1. The summed E-state index contributed by atoms with van der Waals surface area (Å²) in [6, 6.07) is -5.56. The summed E-state index contributed by atoms with van der Waals surface area (Å²) >= 11 is 0. The number of carbonyl (C=O) groups is 8. The average molecular weight is 715 g/mol. The molecule has 0 fully saturated rings. The third-order valence-electron chi connectivity index (χ3n) is 7.11. The quantitative estimate of drug-likeness (QED) is 0.0527. The number of amides is 7. The Morgan fingerprint density at radius 1 is 0.520 bits per heavy atom. The maximum Gasteiger partial charge on any atom is 0.322 e. The van der Waals surface area contributed by atoms with Gasteiger partial charge in [0.05, 0.1) is 25.7 Å². The van der Waals surface area contributed by atoms with E-state index in [0.717, 1.165) is 0 Å². The molecule has 11 N–H and O–H groups in total. The molecular formula is C32H58N8O10. The predicted molar refractivity (Wildman–Crippen MR) is 183 cm³/mol. The Kier molecular flexibility index (Phi) is 21.2. The van der Waals surface area contributed by atoms with Gasteiger partial charge in [-0.25, -0.2) is 0 Å². The molecule has 0 spiro atoms. The highest BCUT2D eigenvalue weighted by Crippen LogP contribution is 2.09. The molecule has 0 rings (SSSR count). The van der Waals surface area contributed by atoms with Crippen LogP contribution in [0.15, 0.2) is 0 Å². The zero-order valence-corrected chi connectivity index (χ0v) is 30.4. The molecule has 18 heteroatoms. The molecule has 0 saturated carbocycles. The van der Waals surface area contributed by atoms with E-state index in [1.165, 1.54) is 0 Å². The first kappa shape index (κ1) is 45.7. The summed E-state index contributed by atoms with van der Waals surface area (Å²) in [5.41, 5.74) is 5.95. The monoisotopic (exact) mass is 714 g/mol. The third-order valence-corrected chi connectivity index (χ3v) is 7.11. The van der Waals surface area contributed by atoms with E-state index in [9.17, 15) is 43.5 Å². The number of aliphatic hydroxyl groups excluding tert-OH is 1. The molecule has 0 aromatic rings. The van der Waals surface area contributed by atoms with E-state index in [0.29, 0.717) is 6.42 Å². The Bertz CT molecular complexity index is 1180. The van der Waals surface area contributed by atoms with Gasteiger partial charge < -0.3 is 53.2 Å². The minimum atomic E-state index is -1.46. The molecule has 0 unspecified atom stereocenters. The number of carbonyl (C=O) groups excluding carboxylic acids is 7. The Morgan fingerprint density at radius 2 is 0.960 bits per heavy atom. The van der Waals surface area contributed by atoms with Crippen LogP contribution in [0.25, 0.3) is 0 Å². The van der Waals surface area contributed by atoms with E-state index >= 15 is 0 Å². The second kappa shape index (κ2) is 23.2. The summed E-state index contributed by atoms with van der Waals surface area (Å²) < 4.78 is 0. The van der Waals surface area contributed by atoms with Gasteiger partial charge in [-0.1, -0.05) is 55.4 Å². The average Bonchev–Trinajstić information content (AvgIpc) is 3.00. The van der Waals surface area contributed by atoms with E-state index in [4.69, 9.17) is 10.8 Å². The molecule has 5 atom stereocenters. The van der Waals surface area contributed by atoms with Crippen molar-refractivity contribution in [3.05, 3.63) is 0 Å². The molecule has 7 amide bonds. The van der Waals surface area contributed by atoms with Gasteiger partial charge in [-0.3, -0.25) is 38.4 Å². The number of hydrogen-bond donors (Lipinski definition) is 10. The molecule has 286 valence electrons. The van der Waals surface area contributed by atoms with Crippen LogP contribution in [-0.4, -0.2) is 114 Å². The highest BCUT2D eigenvalue weighted by atomic mass is 16.4. The van der Waals surface area contributed by atoms with Crippen LogP contribution in [0.2, 0.25) is 0 Å². The van der Waals surface area contributed by atoms with Crippen LogP contribution in [0.1, 0.15) is 74.7 Å². The highest BCUT2D eigenvalue weighted by molar-refractivity contribution is 5.96. The number of carboxylic acids is 1. The maximum absolute atomic E-state index is 13.2. The van der Waals surface area contributed by atoms with Gasteiger partial charge in [-0.05, 0) is 42.9 Å². The summed E-state index contributed by atoms with van der Waals surface area (Å²) in [5.74, 6) is -6.72. The van der Waals surface area contributed by atoms with Crippen molar-refractivity contribution >= 4 is 47.3 Å². The van der Waals surface area contributed by atoms with Gasteiger partial charge in [0.25, 0.3) is 0 Å². The molecular weight excluding hydrogens is 656 g/mol. The van der Waals surface area contributed by atoms with Crippen molar-refractivity contribution in [1.82, 2.24) is 37.2 Å². The third kappa shape index (κ3) is 19.0. The van der Waals surface area contributed by atoms with Crippen LogP contribution in [0.5, 0.6) is 0 Å². The zero-order chi connectivity index (χ0) is 38.7. The molecule has 50 heavy (non-hydrogen) atoms. The number of rotatable bonds is 23. The molecule has 0 aliphatic heterocycles. The van der Waals surface area contributed by atoms with Crippen molar-refractivity contribution in [2.24, 2.45) is 29.4 Å². The molecule has 0 aliphatic carbocycles. The van der Waals surface area contributed by atoms with Crippen molar-refractivity contribution in [2.75, 3.05) is 26.2 Å². The predicted octanol–water partition coefficient (Wildman–Crippen LogP) is -2.53. The van der Waals surface area contributed by atoms with Crippen molar-refractivity contribution in [3.8, 4) is 0 Å². The van der Waals surface area contributed by atoms with Gasteiger partial charge in [0.1, 0.15) is 30.7 Å². The Labute approximate surface area is 293 Å². The first-order valence-electron chi connectivity index (χ1n) is 16.8.